The molecule has 1 saturated heterocycles. The van der Waals surface area contributed by atoms with Crippen LogP contribution >= 0.6 is 0 Å². The first-order valence-electron chi connectivity index (χ1n) is 8.18. The van der Waals surface area contributed by atoms with Gasteiger partial charge in [-0.3, -0.25) is 4.90 Å². The summed E-state index contributed by atoms with van der Waals surface area (Å²) >= 11 is 0. The normalized spacial score (nSPS) is 38.0. The first-order valence-corrected chi connectivity index (χ1v) is 8.18. The number of nitrogens with zero attached hydrogens (tertiary/aromatic N) is 1. The van der Waals surface area contributed by atoms with Crippen molar-refractivity contribution in [3.63, 3.8) is 0 Å². The van der Waals surface area contributed by atoms with Gasteiger partial charge in [0.25, 0.3) is 0 Å². The maximum Gasteiger partial charge on any atom is 0.0224 e. The summed E-state index contributed by atoms with van der Waals surface area (Å²) < 4.78 is 0. The van der Waals surface area contributed by atoms with Gasteiger partial charge in [0.05, 0.1) is 0 Å². The van der Waals surface area contributed by atoms with E-state index in [1.54, 1.807) is 0 Å². The van der Waals surface area contributed by atoms with E-state index in [1.165, 1.54) is 58.2 Å². The van der Waals surface area contributed by atoms with Crippen LogP contribution in [0.25, 0.3) is 0 Å². The fraction of sp³-hybridized carbons (Fsp3) is 1.00. The molecule has 0 bridgehead atoms. The van der Waals surface area contributed by atoms with Crippen LogP contribution < -0.4 is 5.32 Å². The van der Waals surface area contributed by atoms with Crippen molar-refractivity contribution in [2.45, 2.75) is 71.4 Å². The topological polar surface area (TPSA) is 15.3 Å². The third kappa shape index (κ3) is 3.48. The Morgan fingerprint density at radius 1 is 1.06 bits per heavy atom. The highest BCUT2D eigenvalue weighted by molar-refractivity contribution is 4.87. The van der Waals surface area contributed by atoms with E-state index >= 15 is 0 Å². The van der Waals surface area contributed by atoms with Gasteiger partial charge in [-0.15, -0.1) is 0 Å². The number of piperidine rings is 1. The first kappa shape index (κ1) is 14.3. The molecule has 1 aliphatic heterocycles. The van der Waals surface area contributed by atoms with Gasteiger partial charge in [-0.05, 0) is 63.5 Å². The van der Waals surface area contributed by atoms with Gasteiger partial charge in [0.15, 0.2) is 0 Å². The molecule has 1 saturated carbocycles. The molecule has 4 unspecified atom stereocenters. The standard InChI is InChI=1S/C16H32N2/c1-4-10-18(16-6-5-9-17-12-16)15-8-7-13(2)14(3)11-15/h13-17H,4-12H2,1-3H3. The molecule has 18 heavy (non-hydrogen) atoms. The Morgan fingerprint density at radius 2 is 1.89 bits per heavy atom. The molecule has 0 amide bonds. The van der Waals surface area contributed by atoms with Crippen LogP contribution in [0.15, 0.2) is 0 Å². The van der Waals surface area contributed by atoms with Crippen LogP contribution in [-0.4, -0.2) is 36.6 Å². The average molecular weight is 252 g/mol. The highest BCUT2D eigenvalue weighted by Crippen LogP contribution is 2.33. The van der Waals surface area contributed by atoms with E-state index in [4.69, 9.17) is 0 Å². The third-order valence-corrected chi connectivity index (χ3v) is 5.26. The average Bonchev–Trinajstić information content (AvgIpc) is 2.40. The lowest BCUT2D eigenvalue weighted by Gasteiger charge is -2.44. The van der Waals surface area contributed by atoms with Gasteiger partial charge >= 0.3 is 0 Å². The molecule has 2 heteroatoms. The second kappa shape index (κ2) is 6.91. The lowest BCUT2D eigenvalue weighted by atomic mass is 9.78. The molecular weight excluding hydrogens is 220 g/mol. The molecule has 0 radical (unpaired) electrons. The number of nitrogens with one attached hydrogen (secondary N) is 1. The molecule has 1 N–H and O–H groups in total. The third-order valence-electron chi connectivity index (χ3n) is 5.26. The van der Waals surface area contributed by atoms with Crippen LogP contribution in [0.1, 0.15) is 59.3 Å². The zero-order valence-electron chi connectivity index (χ0n) is 12.6. The zero-order chi connectivity index (χ0) is 13.0. The Balaban J connectivity index is 1.95. The van der Waals surface area contributed by atoms with Gasteiger partial charge < -0.3 is 5.32 Å². The Labute approximate surface area is 114 Å². The summed E-state index contributed by atoms with van der Waals surface area (Å²) in [6.07, 6.45) is 8.37. The van der Waals surface area contributed by atoms with E-state index in [0.29, 0.717) is 0 Å². The zero-order valence-corrected chi connectivity index (χ0v) is 12.6. The van der Waals surface area contributed by atoms with E-state index in [2.05, 4.69) is 31.0 Å². The summed E-state index contributed by atoms with van der Waals surface area (Å²) in [6.45, 7) is 11.0. The molecule has 2 aliphatic rings. The summed E-state index contributed by atoms with van der Waals surface area (Å²) in [4.78, 5) is 2.86. The molecular formula is C16H32N2. The van der Waals surface area contributed by atoms with Gasteiger partial charge in [0.2, 0.25) is 0 Å². The SMILES string of the molecule is CCCN(C1CCCNC1)C1CCC(C)C(C)C1. The summed E-state index contributed by atoms with van der Waals surface area (Å²) in [5.41, 5.74) is 0. The highest BCUT2D eigenvalue weighted by atomic mass is 15.2. The van der Waals surface area contributed by atoms with E-state index in [9.17, 15) is 0 Å². The van der Waals surface area contributed by atoms with Crippen molar-refractivity contribution in [2.75, 3.05) is 19.6 Å². The molecule has 0 aromatic rings. The monoisotopic (exact) mass is 252 g/mol. The maximum absolute atomic E-state index is 3.59. The van der Waals surface area contributed by atoms with Crippen molar-refractivity contribution in [3.05, 3.63) is 0 Å². The van der Waals surface area contributed by atoms with Crippen molar-refractivity contribution in [2.24, 2.45) is 11.8 Å². The number of hydrogen-bond donors (Lipinski definition) is 1. The molecule has 1 aliphatic carbocycles. The van der Waals surface area contributed by atoms with Crippen LogP contribution in [0.3, 0.4) is 0 Å². The summed E-state index contributed by atoms with van der Waals surface area (Å²) in [5.74, 6) is 1.86. The first-order chi connectivity index (χ1) is 8.72. The van der Waals surface area contributed by atoms with E-state index in [0.717, 1.165) is 23.9 Å². The van der Waals surface area contributed by atoms with Crippen molar-refractivity contribution >= 4 is 0 Å². The second-order valence-corrected chi connectivity index (χ2v) is 6.66. The minimum atomic E-state index is 0.810. The quantitative estimate of drug-likeness (QED) is 0.826. The maximum atomic E-state index is 3.59. The Bertz CT molecular complexity index is 235. The molecule has 2 rings (SSSR count). The van der Waals surface area contributed by atoms with Crippen LogP contribution in [0.4, 0.5) is 0 Å². The van der Waals surface area contributed by atoms with Crippen LogP contribution in [0.2, 0.25) is 0 Å². The lowest BCUT2D eigenvalue weighted by Crippen LogP contribution is -2.52. The van der Waals surface area contributed by atoms with Crippen LogP contribution in [-0.2, 0) is 0 Å². The second-order valence-electron chi connectivity index (χ2n) is 6.66. The van der Waals surface area contributed by atoms with Crippen LogP contribution in [0.5, 0.6) is 0 Å². The van der Waals surface area contributed by atoms with Gasteiger partial charge in [-0.25, -0.2) is 0 Å². The van der Waals surface area contributed by atoms with E-state index in [1.807, 2.05) is 0 Å². The van der Waals surface area contributed by atoms with Crippen molar-refractivity contribution < 1.29 is 0 Å². The predicted molar refractivity (Wildman–Crippen MR) is 78.9 cm³/mol. The van der Waals surface area contributed by atoms with Crippen molar-refractivity contribution in [1.82, 2.24) is 10.2 Å². The fourth-order valence-corrected chi connectivity index (χ4v) is 3.86. The summed E-state index contributed by atoms with van der Waals surface area (Å²) in [6, 6.07) is 1.67. The van der Waals surface area contributed by atoms with E-state index in [-0.39, 0.29) is 0 Å². The lowest BCUT2D eigenvalue weighted by molar-refractivity contribution is 0.0599. The van der Waals surface area contributed by atoms with Gasteiger partial charge in [0.1, 0.15) is 0 Å². The molecule has 2 fully saturated rings. The van der Waals surface area contributed by atoms with Gasteiger partial charge in [-0.2, -0.15) is 0 Å². The predicted octanol–water partition coefficient (Wildman–Crippen LogP) is 3.28. The fourth-order valence-electron chi connectivity index (χ4n) is 3.86. The van der Waals surface area contributed by atoms with Crippen LogP contribution in [0, 0.1) is 11.8 Å². The number of rotatable bonds is 4. The highest BCUT2D eigenvalue weighted by Gasteiger charge is 2.32. The van der Waals surface area contributed by atoms with Crippen molar-refractivity contribution in [3.8, 4) is 0 Å². The molecule has 1 heterocycles. The molecule has 2 nitrogen and oxygen atoms in total. The minimum Gasteiger partial charge on any atom is -0.315 e. The largest absolute Gasteiger partial charge is 0.315 e. The Morgan fingerprint density at radius 3 is 2.50 bits per heavy atom. The molecule has 4 atom stereocenters. The van der Waals surface area contributed by atoms with Gasteiger partial charge in [-0.1, -0.05) is 20.8 Å². The minimum absolute atomic E-state index is 0.810. The smallest absolute Gasteiger partial charge is 0.0224 e. The van der Waals surface area contributed by atoms with Gasteiger partial charge in [0, 0.05) is 18.6 Å². The Kier molecular flexibility index (Phi) is 5.50. The molecule has 0 aromatic heterocycles. The molecule has 106 valence electrons. The summed E-state index contributed by atoms with van der Waals surface area (Å²) in [7, 11) is 0. The van der Waals surface area contributed by atoms with Crippen molar-refractivity contribution in [1.29, 1.82) is 0 Å². The molecule has 0 spiro atoms. The van der Waals surface area contributed by atoms with E-state index < -0.39 is 0 Å². The Hall–Kier alpha value is -0.0800. The molecule has 0 aromatic carbocycles. The summed E-state index contributed by atoms with van der Waals surface area (Å²) in [5, 5.41) is 3.59. The number of hydrogen-bond acceptors (Lipinski definition) is 2.